The van der Waals surface area contributed by atoms with Gasteiger partial charge in [-0.2, -0.15) is 0 Å². The van der Waals surface area contributed by atoms with Crippen LogP contribution in [-0.2, 0) is 11.2 Å². The Morgan fingerprint density at radius 1 is 1.06 bits per heavy atom. The molecule has 31 heavy (non-hydrogen) atoms. The van der Waals surface area contributed by atoms with Crippen LogP contribution in [0, 0.1) is 0 Å². The van der Waals surface area contributed by atoms with Crippen molar-refractivity contribution in [3.8, 4) is 11.5 Å². The lowest BCUT2D eigenvalue weighted by Gasteiger charge is -2.20. The van der Waals surface area contributed by atoms with E-state index in [9.17, 15) is 9.59 Å². The monoisotopic (exact) mass is 421 g/mol. The second-order valence-electron chi connectivity index (χ2n) is 7.66. The molecule has 0 unspecified atom stereocenters. The van der Waals surface area contributed by atoms with Crippen molar-refractivity contribution in [2.75, 3.05) is 32.6 Å². The van der Waals surface area contributed by atoms with Crippen molar-refractivity contribution in [2.45, 2.75) is 25.7 Å². The number of anilines is 1. The largest absolute Gasteiger partial charge is 0.493 e. The molecule has 162 valence electrons. The number of likely N-dealkylation sites (tertiary alicyclic amines) is 1. The van der Waals surface area contributed by atoms with E-state index in [1.54, 1.807) is 12.1 Å². The summed E-state index contributed by atoms with van der Waals surface area (Å²) in [7, 11) is 3.06. The summed E-state index contributed by atoms with van der Waals surface area (Å²) >= 11 is 0. The minimum atomic E-state index is -0.159. The van der Waals surface area contributed by atoms with Gasteiger partial charge in [-0.05, 0) is 37.0 Å². The molecule has 1 aliphatic rings. The van der Waals surface area contributed by atoms with E-state index < -0.39 is 0 Å². The molecule has 2 amide bonds. The Kier molecular flexibility index (Phi) is 6.11. The van der Waals surface area contributed by atoms with E-state index in [-0.39, 0.29) is 11.8 Å². The highest BCUT2D eigenvalue weighted by atomic mass is 16.5. The highest BCUT2D eigenvalue weighted by molar-refractivity contribution is 6.04. The van der Waals surface area contributed by atoms with Crippen LogP contribution in [0.1, 0.15) is 35.2 Å². The number of ether oxygens (including phenoxy) is 2. The summed E-state index contributed by atoms with van der Waals surface area (Å²) in [5.74, 6) is 0.660. The number of para-hydroxylation sites is 1. The first-order valence-electron chi connectivity index (χ1n) is 10.5. The van der Waals surface area contributed by atoms with Crippen LogP contribution in [-0.4, -0.2) is 49.0 Å². The molecule has 1 fully saturated rings. The van der Waals surface area contributed by atoms with E-state index >= 15 is 0 Å². The van der Waals surface area contributed by atoms with Gasteiger partial charge in [-0.25, -0.2) is 0 Å². The first-order valence-corrected chi connectivity index (χ1v) is 10.5. The normalized spacial score (nSPS) is 13.4. The van der Waals surface area contributed by atoms with Crippen molar-refractivity contribution < 1.29 is 19.1 Å². The zero-order chi connectivity index (χ0) is 21.8. The number of rotatable bonds is 7. The summed E-state index contributed by atoms with van der Waals surface area (Å²) in [6.45, 7) is 1.45. The summed E-state index contributed by atoms with van der Waals surface area (Å²) in [5.41, 5.74) is 3.00. The summed E-state index contributed by atoms with van der Waals surface area (Å²) in [6, 6.07) is 11.3. The fourth-order valence-corrected chi connectivity index (χ4v) is 4.05. The summed E-state index contributed by atoms with van der Waals surface area (Å²) < 4.78 is 10.8. The van der Waals surface area contributed by atoms with Gasteiger partial charge in [-0.1, -0.05) is 18.2 Å². The number of aromatic nitrogens is 1. The van der Waals surface area contributed by atoms with Gasteiger partial charge >= 0.3 is 0 Å². The van der Waals surface area contributed by atoms with Gasteiger partial charge in [0.2, 0.25) is 5.91 Å². The van der Waals surface area contributed by atoms with Crippen molar-refractivity contribution in [1.29, 1.82) is 0 Å². The average Bonchev–Trinajstić information content (AvgIpc) is 3.47. The van der Waals surface area contributed by atoms with Gasteiger partial charge in [0.05, 0.1) is 25.5 Å². The van der Waals surface area contributed by atoms with Crippen LogP contribution in [0.2, 0.25) is 0 Å². The molecule has 7 heteroatoms. The Morgan fingerprint density at radius 3 is 2.52 bits per heavy atom. The van der Waals surface area contributed by atoms with E-state index in [0.717, 1.165) is 42.4 Å². The second kappa shape index (κ2) is 9.12. The molecule has 0 bridgehead atoms. The number of amides is 2. The molecule has 3 aromatic rings. The number of fused-ring (bicyclic) bond motifs is 1. The predicted octanol–water partition coefficient (Wildman–Crippen LogP) is 3.99. The topological polar surface area (TPSA) is 83.7 Å². The van der Waals surface area contributed by atoms with Gasteiger partial charge in [-0.3, -0.25) is 9.59 Å². The van der Waals surface area contributed by atoms with Crippen LogP contribution in [0.25, 0.3) is 10.9 Å². The maximum absolute atomic E-state index is 13.1. The van der Waals surface area contributed by atoms with Crippen molar-refractivity contribution >= 4 is 28.4 Å². The van der Waals surface area contributed by atoms with Gasteiger partial charge in [0.15, 0.2) is 11.5 Å². The molecule has 1 aliphatic heterocycles. The number of benzene rings is 2. The fourth-order valence-electron chi connectivity index (χ4n) is 4.05. The lowest BCUT2D eigenvalue weighted by molar-refractivity contribution is -0.116. The summed E-state index contributed by atoms with van der Waals surface area (Å²) in [4.78, 5) is 30.9. The quantitative estimate of drug-likeness (QED) is 0.604. The number of nitrogens with zero attached hydrogens (tertiary/aromatic N) is 1. The first-order chi connectivity index (χ1) is 15.1. The van der Waals surface area contributed by atoms with Crippen LogP contribution >= 0.6 is 0 Å². The molecule has 4 rings (SSSR count). The number of carbonyl (C=O) groups is 2. The third-order valence-electron chi connectivity index (χ3n) is 5.72. The average molecular weight is 421 g/mol. The molecule has 0 aliphatic carbocycles. The number of carbonyl (C=O) groups excluding carboxylic acids is 2. The molecule has 0 spiro atoms. The van der Waals surface area contributed by atoms with E-state index in [4.69, 9.17) is 9.47 Å². The zero-order valence-electron chi connectivity index (χ0n) is 17.9. The van der Waals surface area contributed by atoms with Gasteiger partial charge in [0, 0.05) is 42.7 Å². The molecule has 7 nitrogen and oxygen atoms in total. The zero-order valence-corrected chi connectivity index (χ0v) is 17.9. The number of H-pyrrole nitrogens is 1. The van der Waals surface area contributed by atoms with Gasteiger partial charge < -0.3 is 24.7 Å². The lowest BCUT2D eigenvalue weighted by Crippen LogP contribution is -2.29. The SMILES string of the molecule is COc1cc(NC(=O)CCc2c[nH]c3ccccc23)c(C(=O)N2CCCC2)cc1OC. The molecule has 2 N–H and O–H groups in total. The fraction of sp³-hybridized carbons (Fsp3) is 0.333. The van der Waals surface area contributed by atoms with Crippen molar-refractivity contribution in [3.63, 3.8) is 0 Å². The molecule has 2 aromatic carbocycles. The number of hydrogen-bond acceptors (Lipinski definition) is 4. The Morgan fingerprint density at radius 2 is 1.77 bits per heavy atom. The molecule has 0 radical (unpaired) electrons. The number of hydrogen-bond donors (Lipinski definition) is 2. The van der Waals surface area contributed by atoms with Crippen molar-refractivity contribution in [3.05, 3.63) is 53.7 Å². The van der Waals surface area contributed by atoms with Crippen LogP contribution < -0.4 is 14.8 Å². The Labute approximate surface area is 181 Å². The van der Waals surface area contributed by atoms with Gasteiger partial charge in [0.25, 0.3) is 5.91 Å². The molecular formula is C24H27N3O4. The van der Waals surface area contributed by atoms with Crippen LogP contribution in [0.4, 0.5) is 5.69 Å². The first kappa shape index (κ1) is 20.8. The van der Waals surface area contributed by atoms with E-state index in [2.05, 4.69) is 10.3 Å². The van der Waals surface area contributed by atoms with Crippen LogP contribution in [0.3, 0.4) is 0 Å². The maximum Gasteiger partial charge on any atom is 0.256 e. The second-order valence-corrected chi connectivity index (χ2v) is 7.66. The molecule has 1 aromatic heterocycles. The third-order valence-corrected chi connectivity index (χ3v) is 5.72. The number of nitrogens with one attached hydrogen (secondary N) is 2. The third kappa shape index (κ3) is 4.35. The van der Waals surface area contributed by atoms with Gasteiger partial charge in [-0.15, -0.1) is 0 Å². The number of aryl methyl sites for hydroxylation is 1. The molecule has 2 heterocycles. The van der Waals surface area contributed by atoms with Crippen LogP contribution in [0.5, 0.6) is 11.5 Å². The van der Waals surface area contributed by atoms with Crippen molar-refractivity contribution in [2.24, 2.45) is 0 Å². The molecule has 1 saturated heterocycles. The van der Waals surface area contributed by atoms with Crippen LogP contribution in [0.15, 0.2) is 42.6 Å². The molecular weight excluding hydrogens is 394 g/mol. The Hall–Kier alpha value is -3.48. The van der Waals surface area contributed by atoms with E-state index in [0.29, 0.717) is 35.6 Å². The van der Waals surface area contributed by atoms with Crippen molar-refractivity contribution in [1.82, 2.24) is 9.88 Å². The predicted molar refractivity (Wildman–Crippen MR) is 120 cm³/mol. The summed E-state index contributed by atoms with van der Waals surface area (Å²) in [6.07, 6.45) is 4.82. The minimum absolute atomic E-state index is 0.106. The number of methoxy groups -OCH3 is 2. The number of aromatic amines is 1. The lowest BCUT2D eigenvalue weighted by atomic mass is 10.1. The van der Waals surface area contributed by atoms with E-state index in [1.165, 1.54) is 14.2 Å². The molecule has 0 atom stereocenters. The maximum atomic E-state index is 13.1. The minimum Gasteiger partial charge on any atom is -0.493 e. The Balaban J connectivity index is 1.54. The standard InChI is InChI=1S/C24H27N3O4/c1-30-21-13-18(24(29)27-11-5-6-12-27)20(14-22(21)31-2)26-23(28)10-9-16-15-25-19-8-4-3-7-17(16)19/h3-4,7-8,13-15,25H,5-6,9-12H2,1-2H3,(H,26,28). The highest BCUT2D eigenvalue weighted by Crippen LogP contribution is 2.34. The smallest absolute Gasteiger partial charge is 0.256 e. The highest BCUT2D eigenvalue weighted by Gasteiger charge is 2.25. The molecule has 0 saturated carbocycles. The van der Waals surface area contributed by atoms with Gasteiger partial charge in [0.1, 0.15) is 0 Å². The van der Waals surface area contributed by atoms with E-state index in [1.807, 2.05) is 35.4 Å². The Bertz CT molecular complexity index is 1100. The summed E-state index contributed by atoms with van der Waals surface area (Å²) in [5, 5.41) is 4.04.